The Morgan fingerprint density at radius 1 is 1.04 bits per heavy atom. The molecule has 0 heterocycles. The Hall–Kier alpha value is -2.04. The third kappa shape index (κ3) is 6.77. The summed E-state index contributed by atoms with van der Waals surface area (Å²) in [5.74, 6) is -0.144. The minimum Gasteiger partial charge on any atom is -0.385 e. The van der Waals surface area contributed by atoms with Gasteiger partial charge in [0, 0.05) is 17.9 Å². The first-order chi connectivity index (χ1) is 11.5. The van der Waals surface area contributed by atoms with E-state index in [0.29, 0.717) is 6.42 Å². The van der Waals surface area contributed by atoms with Gasteiger partial charge >= 0.3 is 0 Å². The topological polar surface area (TPSA) is 67.2 Å². The number of rotatable bonds is 8. The van der Waals surface area contributed by atoms with E-state index in [0.717, 1.165) is 30.8 Å². The number of nitrogens with one attached hydrogen (secondary N) is 2. The maximum atomic E-state index is 12.2. The van der Waals surface area contributed by atoms with E-state index in [4.69, 9.17) is 5.73 Å². The SMILES string of the molecule is CCCC(C)(N)C(=O)Nc1ccc(NCCc2ccccc2)cc1.Cl. The van der Waals surface area contributed by atoms with Crippen LogP contribution in [0.2, 0.25) is 0 Å². The summed E-state index contributed by atoms with van der Waals surface area (Å²) in [6.07, 6.45) is 2.52. The lowest BCUT2D eigenvalue weighted by Crippen LogP contribution is -2.48. The van der Waals surface area contributed by atoms with Crippen LogP contribution in [0.4, 0.5) is 11.4 Å². The van der Waals surface area contributed by atoms with Gasteiger partial charge in [-0.05, 0) is 49.6 Å². The monoisotopic (exact) mass is 361 g/mol. The number of carbonyl (C=O) groups is 1. The van der Waals surface area contributed by atoms with Gasteiger partial charge in [-0.25, -0.2) is 0 Å². The van der Waals surface area contributed by atoms with Gasteiger partial charge in [-0.15, -0.1) is 12.4 Å². The molecule has 0 aliphatic carbocycles. The van der Waals surface area contributed by atoms with E-state index in [9.17, 15) is 4.79 Å². The first-order valence-electron chi connectivity index (χ1n) is 8.49. The smallest absolute Gasteiger partial charge is 0.244 e. The van der Waals surface area contributed by atoms with Gasteiger partial charge in [0.05, 0.1) is 5.54 Å². The molecule has 0 aromatic heterocycles. The summed E-state index contributed by atoms with van der Waals surface area (Å²) in [7, 11) is 0. The molecule has 2 aromatic rings. The second-order valence-corrected chi connectivity index (χ2v) is 6.36. The van der Waals surface area contributed by atoms with Gasteiger partial charge < -0.3 is 16.4 Å². The first-order valence-corrected chi connectivity index (χ1v) is 8.49. The molecule has 1 atom stereocenters. The number of benzene rings is 2. The summed E-state index contributed by atoms with van der Waals surface area (Å²) in [6.45, 7) is 4.66. The summed E-state index contributed by atoms with van der Waals surface area (Å²) < 4.78 is 0. The van der Waals surface area contributed by atoms with Crippen LogP contribution >= 0.6 is 12.4 Å². The molecule has 2 aromatic carbocycles. The number of amides is 1. The molecule has 136 valence electrons. The van der Waals surface area contributed by atoms with Crippen molar-refractivity contribution >= 4 is 29.7 Å². The van der Waals surface area contributed by atoms with Crippen molar-refractivity contribution in [3.63, 3.8) is 0 Å². The number of hydrogen-bond donors (Lipinski definition) is 3. The number of halogens is 1. The average Bonchev–Trinajstić information content (AvgIpc) is 2.57. The minimum absolute atomic E-state index is 0. The largest absolute Gasteiger partial charge is 0.385 e. The molecular weight excluding hydrogens is 334 g/mol. The third-order valence-corrected chi connectivity index (χ3v) is 4.02. The van der Waals surface area contributed by atoms with Gasteiger partial charge in [0.1, 0.15) is 0 Å². The van der Waals surface area contributed by atoms with Crippen molar-refractivity contribution in [1.29, 1.82) is 0 Å². The minimum atomic E-state index is -0.832. The second kappa shape index (κ2) is 10.1. The number of hydrogen-bond acceptors (Lipinski definition) is 3. The first kappa shape index (κ1) is 21.0. The molecule has 0 bridgehead atoms. The molecule has 0 fully saturated rings. The van der Waals surface area contributed by atoms with Crippen molar-refractivity contribution in [1.82, 2.24) is 0 Å². The van der Waals surface area contributed by atoms with Crippen LogP contribution in [-0.4, -0.2) is 18.0 Å². The van der Waals surface area contributed by atoms with E-state index in [1.54, 1.807) is 6.92 Å². The lowest BCUT2D eigenvalue weighted by Gasteiger charge is -2.22. The molecule has 0 saturated heterocycles. The fourth-order valence-corrected chi connectivity index (χ4v) is 2.57. The summed E-state index contributed by atoms with van der Waals surface area (Å²) in [4.78, 5) is 12.2. The molecule has 0 radical (unpaired) electrons. The van der Waals surface area contributed by atoms with Gasteiger partial charge in [0.15, 0.2) is 0 Å². The molecule has 4 nitrogen and oxygen atoms in total. The van der Waals surface area contributed by atoms with Crippen molar-refractivity contribution < 1.29 is 4.79 Å². The summed E-state index contributed by atoms with van der Waals surface area (Å²) in [5.41, 5.74) is 8.33. The maximum Gasteiger partial charge on any atom is 0.244 e. The Balaban J connectivity index is 0.00000312. The lowest BCUT2D eigenvalue weighted by atomic mass is 9.96. The zero-order chi connectivity index (χ0) is 17.4. The highest BCUT2D eigenvalue weighted by Gasteiger charge is 2.26. The second-order valence-electron chi connectivity index (χ2n) is 6.36. The van der Waals surface area contributed by atoms with Crippen molar-refractivity contribution in [2.75, 3.05) is 17.2 Å². The van der Waals surface area contributed by atoms with Crippen molar-refractivity contribution in [2.24, 2.45) is 5.73 Å². The molecule has 2 rings (SSSR count). The summed E-state index contributed by atoms with van der Waals surface area (Å²) >= 11 is 0. The predicted molar refractivity (Wildman–Crippen MR) is 108 cm³/mol. The maximum absolute atomic E-state index is 12.2. The molecule has 5 heteroatoms. The Kier molecular flexibility index (Phi) is 8.46. The molecule has 0 aliphatic rings. The normalized spacial score (nSPS) is 12.6. The highest BCUT2D eigenvalue weighted by Crippen LogP contribution is 2.17. The molecular formula is C20H28ClN3O. The van der Waals surface area contributed by atoms with E-state index in [2.05, 4.69) is 34.9 Å². The fraction of sp³-hybridized carbons (Fsp3) is 0.350. The molecule has 4 N–H and O–H groups in total. The van der Waals surface area contributed by atoms with Gasteiger partial charge in [0.2, 0.25) is 5.91 Å². The van der Waals surface area contributed by atoms with Crippen molar-refractivity contribution in [3.8, 4) is 0 Å². The molecule has 25 heavy (non-hydrogen) atoms. The Bertz CT molecular complexity index is 642. The quantitative estimate of drug-likeness (QED) is 0.659. The summed E-state index contributed by atoms with van der Waals surface area (Å²) in [6, 6.07) is 18.1. The highest BCUT2D eigenvalue weighted by molar-refractivity contribution is 5.97. The van der Waals surface area contributed by atoms with Crippen molar-refractivity contribution in [3.05, 3.63) is 60.2 Å². The van der Waals surface area contributed by atoms with E-state index in [1.165, 1.54) is 5.56 Å². The van der Waals surface area contributed by atoms with Crippen LogP contribution in [-0.2, 0) is 11.2 Å². The van der Waals surface area contributed by atoms with Crippen LogP contribution in [0.3, 0.4) is 0 Å². The number of carbonyl (C=O) groups excluding carboxylic acids is 1. The van der Waals surface area contributed by atoms with Crippen LogP contribution in [0, 0.1) is 0 Å². The standard InChI is InChI=1S/C20H27N3O.ClH/c1-3-14-20(2,21)19(24)23-18-11-9-17(10-12-18)22-15-13-16-7-5-4-6-8-16;/h4-12,22H,3,13-15,21H2,1-2H3,(H,23,24);1H. The molecule has 1 unspecified atom stereocenters. The Morgan fingerprint density at radius 2 is 1.64 bits per heavy atom. The highest BCUT2D eigenvalue weighted by atomic mass is 35.5. The van der Waals surface area contributed by atoms with Crippen LogP contribution in [0.1, 0.15) is 32.3 Å². The van der Waals surface area contributed by atoms with Crippen LogP contribution in [0.15, 0.2) is 54.6 Å². The lowest BCUT2D eigenvalue weighted by molar-refractivity contribution is -0.120. The van der Waals surface area contributed by atoms with Gasteiger partial charge in [-0.3, -0.25) is 4.79 Å². The van der Waals surface area contributed by atoms with E-state index >= 15 is 0 Å². The summed E-state index contributed by atoms with van der Waals surface area (Å²) in [5, 5.41) is 6.27. The number of anilines is 2. The molecule has 0 aliphatic heterocycles. The van der Waals surface area contributed by atoms with Crippen LogP contribution in [0.5, 0.6) is 0 Å². The van der Waals surface area contributed by atoms with E-state index in [1.807, 2.05) is 37.3 Å². The van der Waals surface area contributed by atoms with E-state index in [-0.39, 0.29) is 18.3 Å². The van der Waals surface area contributed by atoms with Crippen molar-refractivity contribution in [2.45, 2.75) is 38.6 Å². The van der Waals surface area contributed by atoms with Crippen LogP contribution in [0.25, 0.3) is 0 Å². The Labute approximate surface area is 156 Å². The predicted octanol–water partition coefficient (Wildman–Crippen LogP) is 4.22. The Morgan fingerprint density at radius 3 is 2.24 bits per heavy atom. The third-order valence-electron chi connectivity index (χ3n) is 4.02. The number of nitrogens with two attached hydrogens (primary N) is 1. The molecule has 0 spiro atoms. The molecule has 0 saturated carbocycles. The fourth-order valence-electron chi connectivity index (χ4n) is 2.57. The van der Waals surface area contributed by atoms with Gasteiger partial charge in [0.25, 0.3) is 0 Å². The van der Waals surface area contributed by atoms with E-state index < -0.39 is 5.54 Å². The zero-order valence-corrected chi connectivity index (χ0v) is 15.7. The molecule has 1 amide bonds. The average molecular weight is 362 g/mol. The van der Waals surface area contributed by atoms with Gasteiger partial charge in [-0.2, -0.15) is 0 Å². The zero-order valence-electron chi connectivity index (χ0n) is 14.9. The van der Waals surface area contributed by atoms with Gasteiger partial charge in [-0.1, -0.05) is 43.7 Å². The van der Waals surface area contributed by atoms with Crippen LogP contribution < -0.4 is 16.4 Å².